The van der Waals surface area contributed by atoms with Crippen molar-refractivity contribution in [2.45, 2.75) is 25.6 Å². The molecule has 0 amide bonds. The molecular formula is C19H18ClNO3. The van der Waals surface area contributed by atoms with Gasteiger partial charge < -0.3 is 9.47 Å². The number of nitriles is 1. The van der Waals surface area contributed by atoms with Crippen LogP contribution in [-0.2, 0) is 14.3 Å². The SMILES string of the molecule is CC(C)(C#N)OC(=O)COC(c1ccccc1)c1ccc(Cl)cc1. The minimum absolute atomic E-state index is 0.257. The summed E-state index contributed by atoms with van der Waals surface area (Å²) in [5.41, 5.74) is 0.605. The molecule has 0 aliphatic carbocycles. The molecule has 2 rings (SSSR count). The molecule has 124 valence electrons. The van der Waals surface area contributed by atoms with Crippen molar-refractivity contribution in [2.24, 2.45) is 0 Å². The van der Waals surface area contributed by atoms with Crippen LogP contribution in [0.25, 0.3) is 0 Å². The predicted molar refractivity (Wildman–Crippen MR) is 91.5 cm³/mol. The van der Waals surface area contributed by atoms with E-state index in [1.807, 2.05) is 48.5 Å². The molecule has 1 atom stereocenters. The van der Waals surface area contributed by atoms with E-state index in [2.05, 4.69) is 0 Å². The third-order valence-corrected chi connectivity index (χ3v) is 3.53. The number of esters is 1. The Labute approximate surface area is 146 Å². The Morgan fingerprint density at radius 2 is 1.71 bits per heavy atom. The van der Waals surface area contributed by atoms with Crippen molar-refractivity contribution in [3.05, 3.63) is 70.7 Å². The quantitative estimate of drug-likeness (QED) is 0.734. The maximum Gasteiger partial charge on any atom is 0.333 e. The number of halogens is 1. The fraction of sp³-hybridized carbons (Fsp3) is 0.263. The number of rotatable bonds is 6. The van der Waals surface area contributed by atoms with Crippen LogP contribution in [0.4, 0.5) is 0 Å². The maximum atomic E-state index is 11.9. The maximum absolute atomic E-state index is 11.9. The highest BCUT2D eigenvalue weighted by molar-refractivity contribution is 6.30. The summed E-state index contributed by atoms with van der Waals surface area (Å²) in [6.07, 6.45) is -0.429. The predicted octanol–water partition coefficient (Wildman–Crippen LogP) is 4.29. The molecule has 0 heterocycles. The molecule has 0 bridgehead atoms. The number of hydrogen-bond donors (Lipinski definition) is 0. The second kappa shape index (κ2) is 7.96. The van der Waals surface area contributed by atoms with Crippen LogP contribution in [0, 0.1) is 11.3 Å². The average Bonchev–Trinajstić information content (AvgIpc) is 2.57. The summed E-state index contributed by atoms with van der Waals surface area (Å²) in [6.45, 7) is 2.80. The molecule has 0 aliphatic heterocycles. The molecule has 2 aromatic rings. The Balaban J connectivity index is 2.14. The molecule has 0 N–H and O–H groups in total. The van der Waals surface area contributed by atoms with Gasteiger partial charge >= 0.3 is 5.97 Å². The first-order valence-electron chi connectivity index (χ1n) is 7.46. The Morgan fingerprint density at radius 1 is 1.12 bits per heavy atom. The molecule has 5 heteroatoms. The summed E-state index contributed by atoms with van der Waals surface area (Å²) in [6, 6.07) is 18.7. The molecule has 2 aromatic carbocycles. The van der Waals surface area contributed by atoms with Crippen molar-refractivity contribution in [2.75, 3.05) is 6.61 Å². The Kier molecular flexibility index (Phi) is 5.97. The minimum Gasteiger partial charge on any atom is -0.443 e. The van der Waals surface area contributed by atoms with Gasteiger partial charge in [0.15, 0.2) is 5.60 Å². The van der Waals surface area contributed by atoms with Gasteiger partial charge in [0.1, 0.15) is 18.8 Å². The summed E-state index contributed by atoms with van der Waals surface area (Å²) in [5.74, 6) is -0.587. The van der Waals surface area contributed by atoms with E-state index in [0.29, 0.717) is 5.02 Å². The molecule has 0 saturated heterocycles. The van der Waals surface area contributed by atoms with Crippen molar-refractivity contribution in [3.8, 4) is 6.07 Å². The van der Waals surface area contributed by atoms with Crippen molar-refractivity contribution < 1.29 is 14.3 Å². The smallest absolute Gasteiger partial charge is 0.333 e. The van der Waals surface area contributed by atoms with Crippen LogP contribution in [0.1, 0.15) is 31.1 Å². The number of nitrogens with zero attached hydrogens (tertiary/aromatic N) is 1. The van der Waals surface area contributed by atoms with Crippen LogP contribution >= 0.6 is 11.6 Å². The number of benzene rings is 2. The van der Waals surface area contributed by atoms with Crippen LogP contribution in [0.5, 0.6) is 0 Å². The molecule has 0 spiro atoms. The van der Waals surface area contributed by atoms with Crippen LogP contribution < -0.4 is 0 Å². The van der Waals surface area contributed by atoms with Crippen molar-refractivity contribution in [1.29, 1.82) is 5.26 Å². The topological polar surface area (TPSA) is 59.3 Å². The van der Waals surface area contributed by atoms with Gasteiger partial charge in [-0.3, -0.25) is 0 Å². The zero-order valence-corrected chi connectivity index (χ0v) is 14.3. The van der Waals surface area contributed by atoms with E-state index in [9.17, 15) is 4.79 Å². The van der Waals surface area contributed by atoms with Crippen LogP contribution in [-0.4, -0.2) is 18.2 Å². The third kappa shape index (κ3) is 5.09. The second-order valence-electron chi connectivity index (χ2n) is 5.75. The molecule has 0 radical (unpaired) electrons. The van der Waals surface area contributed by atoms with Crippen molar-refractivity contribution in [1.82, 2.24) is 0 Å². The third-order valence-electron chi connectivity index (χ3n) is 3.28. The summed E-state index contributed by atoms with van der Waals surface area (Å²) in [7, 11) is 0. The number of ether oxygens (including phenoxy) is 2. The van der Waals surface area contributed by atoms with Crippen LogP contribution in [0.2, 0.25) is 5.02 Å². The number of carbonyl (C=O) groups excluding carboxylic acids is 1. The van der Waals surface area contributed by atoms with Gasteiger partial charge in [-0.1, -0.05) is 54.1 Å². The first-order valence-corrected chi connectivity index (χ1v) is 7.84. The van der Waals surface area contributed by atoms with E-state index in [1.165, 1.54) is 13.8 Å². The highest BCUT2D eigenvalue weighted by Gasteiger charge is 2.23. The summed E-state index contributed by atoms with van der Waals surface area (Å²) >= 11 is 5.93. The second-order valence-corrected chi connectivity index (χ2v) is 6.19. The lowest BCUT2D eigenvalue weighted by Crippen LogP contribution is -2.28. The first-order chi connectivity index (χ1) is 11.4. The van der Waals surface area contributed by atoms with E-state index in [-0.39, 0.29) is 6.61 Å². The Morgan fingerprint density at radius 3 is 2.29 bits per heavy atom. The van der Waals surface area contributed by atoms with Gasteiger partial charge in [0.25, 0.3) is 0 Å². The van der Waals surface area contributed by atoms with E-state index in [1.54, 1.807) is 12.1 Å². The van der Waals surface area contributed by atoms with E-state index >= 15 is 0 Å². The van der Waals surface area contributed by atoms with Gasteiger partial charge in [-0.2, -0.15) is 5.26 Å². The largest absolute Gasteiger partial charge is 0.443 e. The summed E-state index contributed by atoms with van der Waals surface area (Å²) in [5, 5.41) is 9.55. The van der Waals surface area contributed by atoms with Crippen LogP contribution in [0.3, 0.4) is 0 Å². The molecule has 1 unspecified atom stereocenters. The van der Waals surface area contributed by atoms with Crippen molar-refractivity contribution >= 4 is 17.6 Å². The van der Waals surface area contributed by atoms with E-state index < -0.39 is 17.7 Å². The normalized spacial score (nSPS) is 12.2. The van der Waals surface area contributed by atoms with Gasteiger partial charge in [-0.15, -0.1) is 0 Å². The van der Waals surface area contributed by atoms with E-state index in [0.717, 1.165) is 11.1 Å². The average molecular weight is 344 g/mol. The summed E-state index contributed by atoms with van der Waals surface area (Å²) < 4.78 is 10.9. The molecular weight excluding hydrogens is 326 g/mol. The fourth-order valence-electron chi connectivity index (χ4n) is 2.14. The van der Waals surface area contributed by atoms with Gasteiger partial charge in [0, 0.05) is 5.02 Å². The lowest BCUT2D eigenvalue weighted by atomic mass is 10.0. The molecule has 0 fully saturated rings. The summed E-state index contributed by atoms with van der Waals surface area (Å²) in [4.78, 5) is 11.9. The first kappa shape index (κ1) is 18.0. The monoisotopic (exact) mass is 343 g/mol. The van der Waals surface area contributed by atoms with Crippen molar-refractivity contribution in [3.63, 3.8) is 0 Å². The zero-order valence-electron chi connectivity index (χ0n) is 13.5. The van der Waals surface area contributed by atoms with Gasteiger partial charge in [-0.25, -0.2) is 4.79 Å². The minimum atomic E-state index is -1.18. The standard InChI is InChI=1S/C19H18ClNO3/c1-19(2,13-21)24-17(22)12-23-18(14-6-4-3-5-7-14)15-8-10-16(20)11-9-15/h3-11,18H,12H2,1-2H3. The number of carbonyl (C=O) groups is 1. The molecule has 4 nitrogen and oxygen atoms in total. The molecule has 0 saturated carbocycles. The highest BCUT2D eigenvalue weighted by Crippen LogP contribution is 2.27. The zero-order chi connectivity index (χ0) is 17.6. The molecule has 0 aromatic heterocycles. The van der Waals surface area contributed by atoms with E-state index in [4.69, 9.17) is 26.3 Å². The number of hydrogen-bond acceptors (Lipinski definition) is 4. The Hall–Kier alpha value is -2.35. The van der Waals surface area contributed by atoms with Gasteiger partial charge in [-0.05, 0) is 37.1 Å². The van der Waals surface area contributed by atoms with Gasteiger partial charge in [0.05, 0.1) is 0 Å². The Bertz CT molecular complexity index is 721. The lowest BCUT2D eigenvalue weighted by molar-refractivity contribution is -0.158. The molecule has 0 aliphatic rings. The van der Waals surface area contributed by atoms with Gasteiger partial charge in [0.2, 0.25) is 0 Å². The van der Waals surface area contributed by atoms with Crippen LogP contribution in [0.15, 0.2) is 54.6 Å². The lowest BCUT2D eigenvalue weighted by Gasteiger charge is -2.21. The highest BCUT2D eigenvalue weighted by atomic mass is 35.5. The molecule has 24 heavy (non-hydrogen) atoms. The fourth-order valence-corrected chi connectivity index (χ4v) is 2.26.